The lowest BCUT2D eigenvalue weighted by Crippen LogP contribution is -2.48. The zero-order valence-corrected chi connectivity index (χ0v) is 20.4. The molecule has 1 aromatic heterocycles. The first-order chi connectivity index (χ1) is 16.6. The van der Waals surface area contributed by atoms with Gasteiger partial charge in [-0.3, -0.25) is 9.69 Å². The molecule has 3 unspecified atom stereocenters. The van der Waals surface area contributed by atoms with Crippen LogP contribution >= 0.6 is 11.3 Å². The number of benzene rings is 2. The van der Waals surface area contributed by atoms with Crippen LogP contribution in [0.4, 0.5) is 5.69 Å². The zero-order chi connectivity index (χ0) is 23.8. The third-order valence-corrected chi connectivity index (χ3v) is 7.23. The van der Waals surface area contributed by atoms with E-state index in [1.807, 2.05) is 78.2 Å². The molecule has 34 heavy (non-hydrogen) atoms. The first kappa shape index (κ1) is 24.2. The van der Waals surface area contributed by atoms with Crippen molar-refractivity contribution in [3.63, 3.8) is 0 Å². The van der Waals surface area contributed by atoms with Gasteiger partial charge in [0.2, 0.25) is 0 Å². The van der Waals surface area contributed by atoms with Crippen molar-refractivity contribution in [3.8, 4) is 0 Å². The lowest BCUT2D eigenvalue weighted by Gasteiger charge is -2.38. The molecule has 5 nitrogen and oxygen atoms in total. The molecule has 0 saturated carbocycles. The van der Waals surface area contributed by atoms with Gasteiger partial charge in [-0.15, -0.1) is 11.3 Å². The fraction of sp³-hybridized carbons (Fsp3) is 0.357. The number of carbonyl (C=O) groups excluding carboxylic acids is 2. The van der Waals surface area contributed by atoms with Crippen molar-refractivity contribution >= 4 is 28.8 Å². The van der Waals surface area contributed by atoms with Crippen LogP contribution < -0.4 is 5.32 Å². The molecule has 1 fully saturated rings. The van der Waals surface area contributed by atoms with Crippen LogP contribution in [-0.4, -0.2) is 42.4 Å². The van der Waals surface area contributed by atoms with E-state index >= 15 is 0 Å². The summed E-state index contributed by atoms with van der Waals surface area (Å²) in [4.78, 5) is 29.1. The normalized spacial score (nSPS) is 19.3. The smallest absolute Gasteiger partial charge is 0.333 e. The van der Waals surface area contributed by atoms with E-state index in [2.05, 4.69) is 17.1 Å². The number of nitrogens with zero attached hydrogens (tertiary/aromatic N) is 1. The van der Waals surface area contributed by atoms with Gasteiger partial charge in [0.1, 0.15) is 6.10 Å². The number of piperidine rings is 1. The molecule has 3 atom stereocenters. The molecule has 1 N–H and O–H groups in total. The van der Waals surface area contributed by atoms with Crippen LogP contribution in [0.1, 0.15) is 47.5 Å². The number of anilines is 1. The quantitative estimate of drug-likeness (QED) is 0.295. The number of hydrogen-bond donors (Lipinski definition) is 1. The number of esters is 1. The summed E-state index contributed by atoms with van der Waals surface area (Å²) in [5.41, 5.74) is 1.73. The monoisotopic (exact) mass is 476 g/mol. The van der Waals surface area contributed by atoms with Gasteiger partial charge in [0.15, 0.2) is 11.8 Å². The Labute approximate surface area is 205 Å². The first-order valence-electron chi connectivity index (χ1n) is 12.0. The standard InChI is InChI=1S/C28H32N2O3S/c1-2-10-21-16-17-30(19-24(31)26-15-9-18-34-26)20-25(21)33-28(32)27(22-11-5-3-6-12-22)29-23-13-7-4-8-14-23/h3-9,11-15,18,21,25,27,29H,2,10,16-17,19-20H2,1H3. The van der Waals surface area contributed by atoms with E-state index in [1.165, 1.54) is 11.3 Å². The number of ether oxygens (including phenoxy) is 1. The maximum absolute atomic E-state index is 13.5. The summed E-state index contributed by atoms with van der Waals surface area (Å²) < 4.78 is 6.20. The van der Waals surface area contributed by atoms with Gasteiger partial charge in [0.25, 0.3) is 0 Å². The molecule has 4 rings (SSSR count). The molecule has 1 saturated heterocycles. The minimum Gasteiger partial charge on any atom is -0.459 e. The highest BCUT2D eigenvalue weighted by molar-refractivity contribution is 7.12. The topological polar surface area (TPSA) is 58.6 Å². The Morgan fingerprint density at radius 2 is 1.79 bits per heavy atom. The number of likely N-dealkylation sites (tertiary alicyclic amines) is 1. The van der Waals surface area contributed by atoms with Crippen LogP contribution in [0, 0.1) is 5.92 Å². The predicted molar refractivity (Wildman–Crippen MR) is 137 cm³/mol. The molecular weight excluding hydrogens is 444 g/mol. The van der Waals surface area contributed by atoms with Gasteiger partial charge in [-0.2, -0.15) is 0 Å². The molecule has 0 radical (unpaired) electrons. The maximum Gasteiger partial charge on any atom is 0.333 e. The van der Waals surface area contributed by atoms with Gasteiger partial charge in [-0.25, -0.2) is 4.79 Å². The Morgan fingerprint density at radius 3 is 2.47 bits per heavy atom. The number of Topliss-reactive ketones (excluding diaryl/α,β-unsaturated/α-hetero) is 1. The number of rotatable bonds is 10. The highest BCUT2D eigenvalue weighted by Crippen LogP contribution is 2.28. The van der Waals surface area contributed by atoms with E-state index in [0.717, 1.165) is 41.9 Å². The Morgan fingerprint density at radius 1 is 1.06 bits per heavy atom. The van der Waals surface area contributed by atoms with Gasteiger partial charge in [0.05, 0.1) is 11.4 Å². The summed E-state index contributed by atoms with van der Waals surface area (Å²) in [5.74, 6) is 0.143. The van der Waals surface area contributed by atoms with Crippen LogP contribution in [-0.2, 0) is 9.53 Å². The second-order valence-corrected chi connectivity index (χ2v) is 9.75. The summed E-state index contributed by atoms with van der Waals surface area (Å²) in [6.45, 7) is 3.95. The van der Waals surface area contributed by atoms with Gasteiger partial charge in [-0.1, -0.05) is 67.9 Å². The van der Waals surface area contributed by atoms with Crippen molar-refractivity contribution in [2.45, 2.75) is 38.3 Å². The molecule has 2 aromatic carbocycles. The Kier molecular flexibility index (Phi) is 8.50. The van der Waals surface area contributed by atoms with Gasteiger partial charge in [-0.05, 0) is 54.4 Å². The molecular formula is C28H32N2O3S. The van der Waals surface area contributed by atoms with Gasteiger partial charge < -0.3 is 10.1 Å². The van der Waals surface area contributed by atoms with Crippen LogP contribution in [0.15, 0.2) is 78.2 Å². The second-order valence-electron chi connectivity index (χ2n) is 8.80. The molecule has 3 aromatic rings. The minimum absolute atomic E-state index is 0.127. The zero-order valence-electron chi connectivity index (χ0n) is 19.6. The van der Waals surface area contributed by atoms with Crippen LogP contribution in [0.2, 0.25) is 0 Å². The van der Waals surface area contributed by atoms with Crippen molar-refractivity contribution in [1.29, 1.82) is 0 Å². The highest BCUT2D eigenvalue weighted by Gasteiger charge is 2.34. The molecule has 0 bridgehead atoms. The van der Waals surface area contributed by atoms with Crippen molar-refractivity contribution in [3.05, 3.63) is 88.6 Å². The number of para-hydroxylation sites is 1. The third-order valence-electron chi connectivity index (χ3n) is 6.32. The summed E-state index contributed by atoms with van der Waals surface area (Å²) in [7, 11) is 0. The Balaban J connectivity index is 1.48. The Hall–Kier alpha value is -2.96. The second kappa shape index (κ2) is 12.0. The molecule has 0 amide bonds. The number of hydrogen-bond acceptors (Lipinski definition) is 6. The summed E-state index contributed by atoms with van der Waals surface area (Å²) in [6, 6.07) is 22.6. The van der Waals surface area contributed by atoms with Gasteiger partial charge >= 0.3 is 5.97 Å². The average Bonchev–Trinajstić information content (AvgIpc) is 3.41. The number of carbonyl (C=O) groups is 2. The van der Waals surface area contributed by atoms with Crippen molar-refractivity contribution in [2.24, 2.45) is 5.92 Å². The lowest BCUT2D eigenvalue weighted by molar-refractivity contribution is -0.156. The summed E-state index contributed by atoms with van der Waals surface area (Å²) in [6.07, 6.45) is 2.73. The van der Waals surface area contributed by atoms with E-state index in [4.69, 9.17) is 4.74 Å². The fourth-order valence-electron chi connectivity index (χ4n) is 4.57. The lowest BCUT2D eigenvalue weighted by atomic mass is 9.89. The number of thiophene rings is 1. The predicted octanol–water partition coefficient (Wildman–Crippen LogP) is 5.82. The number of ketones is 1. The molecule has 0 spiro atoms. The van der Waals surface area contributed by atoms with E-state index in [1.54, 1.807) is 0 Å². The van der Waals surface area contributed by atoms with Crippen LogP contribution in [0.25, 0.3) is 0 Å². The van der Waals surface area contributed by atoms with E-state index in [-0.39, 0.29) is 17.9 Å². The summed E-state index contributed by atoms with van der Waals surface area (Å²) in [5, 5.41) is 5.28. The summed E-state index contributed by atoms with van der Waals surface area (Å²) >= 11 is 1.47. The van der Waals surface area contributed by atoms with E-state index in [0.29, 0.717) is 19.0 Å². The van der Waals surface area contributed by atoms with E-state index < -0.39 is 6.04 Å². The highest BCUT2D eigenvalue weighted by atomic mass is 32.1. The maximum atomic E-state index is 13.5. The molecule has 2 heterocycles. The SMILES string of the molecule is CCCC1CCN(CC(=O)c2cccs2)CC1OC(=O)C(Nc1ccccc1)c1ccccc1. The molecule has 6 heteroatoms. The largest absolute Gasteiger partial charge is 0.459 e. The third kappa shape index (κ3) is 6.33. The Bertz CT molecular complexity index is 1040. The molecule has 0 aliphatic carbocycles. The van der Waals surface area contributed by atoms with Crippen molar-refractivity contribution in [2.75, 3.05) is 25.0 Å². The molecule has 1 aliphatic heterocycles. The van der Waals surface area contributed by atoms with Crippen molar-refractivity contribution in [1.82, 2.24) is 4.90 Å². The van der Waals surface area contributed by atoms with E-state index in [9.17, 15) is 9.59 Å². The van der Waals surface area contributed by atoms with Crippen molar-refractivity contribution < 1.29 is 14.3 Å². The minimum atomic E-state index is -0.603. The fourth-order valence-corrected chi connectivity index (χ4v) is 5.22. The average molecular weight is 477 g/mol. The first-order valence-corrected chi connectivity index (χ1v) is 12.9. The van der Waals surface area contributed by atoms with Crippen LogP contribution in [0.3, 0.4) is 0 Å². The van der Waals surface area contributed by atoms with Crippen LogP contribution in [0.5, 0.6) is 0 Å². The number of nitrogens with one attached hydrogen (secondary N) is 1. The van der Waals surface area contributed by atoms with Gasteiger partial charge in [0, 0.05) is 12.2 Å². The molecule has 1 aliphatic rings. The molecule has 178 valence electrons.